The minimum atomic E-state index is -1.48. The number of carbonyl (C=O) groups is 3. The van der Waals surface area contributed by atoms with Gasteiger partial charge in [-0.2, -0.15) is 4.68 Å². The van der Waals surface area contributed by atoms with Crippen molar-refractivity contribution in [3.63, 3.8) is 0 Å². The van der Waals surface area contributed by atoms with Crippen LogP contribution in [0, 0.1) is 0 Å². The highest BCUT2D eigenvalue weighted by molar-refractivity contribution is 6.14. The Morgan fingerprint density at radius 3 is 2.23 bits per heavy atom. The second kappa shape index (κ2) is 7.09. The fraction of sp³-hybridized carbons (Fsp3) is 0. The van der Waals surface area contributed by atoms with Gasteiger partial charge < -0.3 is 19.7 Å². The maximum absolute atomic E-state index is 13.3. The number of amides is 1. The van der Waals surface area contributed by atoms with Crippen molar-refractivity contribution in [2.24, 2.45) is 0 Å². The first-order valence-electron chi connectivity index (χ1n) is 8.54. The van der Waals surface area contributed by atoms with E-state index in [1.54, 1.807) is 30.3 Å². The maximum Gasteiger partial charge on any atom is 0.432 e. The highest BCUT2D eigenvalue weighted by Gasteiger charge is 2.30. The fourth-order valence-corrected chi connectivity index (χ4v) is 2.94. The van der Waals surface area contributed by atoms with Crippen LogP contribution in [0.2, 0.25) is 0 Å². The Balaban J connectivity index is 1.98. The zero-order chi connectivity index (χ0) is 21.4. The van der Waals surface area contributed by atoms with Crippen LogP contribution in [0.1, 0.15) is 20.9 Å². The van der Waals surface area contributed by atoms with Crippen LogP contribution in [-0.2, 0) is 0 Å². The number of benzene rings is 2. The van der Waals surface area contributed by atoms with Crippen molar-refractivity contribution in [1.82, 2.24) is 9.78 Å². The number of anilines is 2. The van der Waals surface area contributed by atoms with E-state index in [0.29, 0.717) is 4.68 Å². The SMILES string of the molecule is O=C(O)c1cc2c(o1)c(N(C(=O)c1ccccc1)c1ccc(O)cc1)nn2C(=O)O. The zero-order valence-corrected chi connectivity index (χ0v) is 15.1. The third kappa shape index (κ3) is 3.11. The number of phenolic OH excluding ortho intramolecular Hbond substituents is 1. The molecule has 0 saturated heterocycles. The number of aromatic hydroxyl groups is 1. The minimum Gasteiger partial charge on any atom is -0.508 e. The van der Waals surface area contributed by atoms with Crippen molar-refractivity contribution in [2.75, 3.05) is 4.90 Å². The quantitative estimate of drug-likeness (QED) is 0.465. The number of aromatic nitrogens is 2. The number of furan rings is 1. The monoisotopic (exact) mass is 407 g/mol. The summed E-state index contributed by atoms with van der Waals surface area (Å²) in [5.74, 6) is -2.72. The molecule has 0 aliphatic rings. The Morgan fingerprint density at radius 2 is 1.63 bits per heavy atom. The summed E-state index contributed by atoms with van der Waals surface area (Å²) in [5, 5.41) is 32.2. The molecule has 0 bridgehead atoms. The molecule has 0 unspecified atom stereocenters. The van der Waals surface area contributed by atoms with Crippen LogP contribution in [0.4, 0.5) is 16.3 Å². The van der Waals surface area contributed by atoms with Crippen LogP contribution in [0.3, 0.4) is 0 Å². The lowest BCUT2D eigenvalue weighted by Crippen LogP contribution is -2.27. The molecular weight excluding hydrogens is 394 g/mol. The Kier molecular flexibility index (Phi) is 4.43. The molecule has 4 rings (SSSR count). The van der Waals surface area contributed by atoms with Gasteiger partial charge >= 0.3 is 12.1 Å². The fourth-order valence-electron chi connectivity index (χ4n) is 2.94. The first kappa shape index (κ1) is 18.7. The van der Waals surface area contributed by atoms with Gasteiger partial charge in [0.1, 0.15) is 11.3 Å². The molecule has 10 heteroatoms. The van der Waals surface area contributed by atoms with Crippen molar-refractivity contribution in [3.05, 3.63) is 72.0 Å². The zero-order valence-electron chi connectivity index (χ0n) is 15.1. The normalized spacial score (nSPS) is 10.8. The van der Waals surface area contributed by atoms with Gasteiger partial charge in [0, 0.05) is 11.6 Å². The molecule has 30 heavy (non-hydrogen) atoms. The summed E-state index contributed by atoms with van der Waals surface area (Å²) in [6.45, 7) is 0. The molecule has 0 radical (unpaired) electrons. The topological polar surface area (TPSA) is 146 Å². The van der Waals surface area contributed by atoms with E-state index >= 15 is 0 Å². The number of carboxylic acids is 1. The first-order valence-corrected chi connectivity index (χ1v) is 8.54. The van der Waals surface area contributed by atoms with E-state index in [1.807, 2.05) is 0 Å². The van der Waals surface area contributed by atoms with Crippen molar-refractivity contribution in [3.8, 4) is 5.75 Å². The van der Waals surface area contributed by atoms with E-state index in [4.69, 9.17) is 4.42 Å². The third-order valence-electron chi connectivity index (χ3n) is 4.27. The standard InChI is InChI=1S/C20H13N3O7/c24-13-8-6-12(7-9-13)22(18(25)11-4-2-1-3-5-11)17-16-14(23(21-17)20(28)29)10-15(30-16)19(26)27/h1-10,24H,(H,26,27)(H,28,29). The number of phenols is 1. The van der Waals surface area contributed by atoms with Gasteiger partial charge in [0.05, 0.1) is 5.69 Å². The highest BCUT2D eigenvalue weighted by Crippen LogP contribution is 2.35. The molecule has 3 N–H and O–H groups in total. The van der Waals surface area contributed by atoms with Crippen molar-refractivity contribution in [2.45, 2.75) is 0 Å². The van der Waals surface area contributed by atoms with Crippen LogP contribution in [0.25, 0.3) is 11.1 Å². The Hall–Kier alpha value is -4.60. The van der Waals surface area contributed by atoms with Gasteiger partial charge in [-0.1, -0.05) is 18.2 Å². The van der Waals surface area contributed by atoms with Crippen LogP contribution in [0.5, 0.6) is 5.75 Å². The summed E-state index contributed by atoms with van der Waals surface area (Å²) in [5.41, 5.74) is 0.215. The molecule has 2 aromatic heterocycles. The van der Waals surface area contributed by atoms with Crippen LogP contribution in [-0.4, -0.2) is 43.1 Å². The molecule has 0 spiro atoms. The number of aromatic carboxylic acids is 1. The lowest BCUT2D eigenvalue weighted by Gasteiger charge is -2.20. The molecular formula is C20H13N3O7. The van der Waals surface area contributed by atoms with Gasteiger partial charge in [-0.15, -0.1) is 5.10 Å². The van der Waals surface area contributed by atoms with Gasteiger partial charge in [0.15, 0.2) is 5.58 Å². The van der Waals surface area contributed by atoms with Gasteiger partial charge in [0.25, 0.3) is 5.91 Å². The smallest absolute Gasteiger partial charge is 0.432 e. The van der Waals surface area contributed by atoms with E-state index in [9.17, 15) is 29.7 Å². The number of carboxylic acid groups (broad SMARTS) is 2. The first-order chi connectivity index (χ1) is 14.4. The Labute approximate surface area is 167 Å². The minimum absolute atomic E-state index is 0.0433. The number of carbonyl (C=O) groups excluding carboxylic acids is 1. The van der Waals surface area contributed by atoms with E-state index in [-0.39, 0.29) is 33.9 Å². The predicted molar refractivity (Wildman–Crippen MR) is 103 cm³/mol. The lowest BCUT2D eigenvalue weighted by molar-refractivity contribution is 0.0664. The van der Waals surface area contributed by atoms with E-state index in [2.05, 4.69) is 5.10 Å². The number of hydrogen-bond acceptors (Lipinski definition) is 6. The Bertz CT molecular complexity index is 1270. The molecule has 0 aliphatic carbocycles. The summed E-state index contributed by atoms with van der Waals surface area (Å²) in [6, 6.07) is 14.7. The molecule has 0 saturated carbocycles. The number of hydrogen-bond donors (Lipinski definition) is 3. The van der Waals surface area contributed by atoms with Crippen molar-refractivity contribution < 1.29 is 34.1 Å². The van der Waals surface area contributed by atoms with Gasteiger partial charge in [-0.3, -0.25) is 9.69 Å². The van der Waals surface area contributed by atoms with Gasteiger partial charge in [-0.05, 0) is 36.4 Å². The number of nitrogens with zero attached hydrogens (tertiary/aromatic N) is 3. The maximum atomic E-state index is 13.3. The predicted octanol–water partition coefficient (Wildman–Crippen LogP) is 3.54. The second-order valence-corrected chi connectivity index (χ2v) is 6.17. The molecule has 150 valence electrons. The molecule has 10 nitrogen and oxygen atoms in total. The second-order valence-electron chi connectivity index (χ2n) is 6.17. The van der Waals surface area contributed by atoms with E-state index < -0.39 is 23.7 Å². The van der Waals surface area contributed by atoms with Crippen LogP contribution < -0.4 is 4.90 Å². The van der Waals surface area contributed by atoms with Crippen molar-refractivity contribution >= 4 is 40.6 Å². The molecule has 0 aliphatic heterocycles. The molecule has 2 aromatic carbocycles. The average molecular weight is 407 g/mol. The van der Waals surface area contributed by atoms with E-state index in [0.717, 1.165) is 11.0 Å². The average Bonchev–Trinajstić information content (AvgIpc) is 3.30. The molecule has 0 atom stereocenters. The third-order valence-corrected chi connectivity index (χ3v) is 4.27. The summed E-state index contributed by atoms with van der Waals surface area (Å²) in [6.07, 6.45) is -1.48. The van der Waals surface area contributed by atoms with Crippen LogP contribution in [0.15, 0.2) is 65.1 Å². The van der Waals surface area contributed by atoms with Gasteiger partial charge in [0.2, 0.25) is 11.6 Å². The molecule has 2 heterocycles. The number of rotatable bonds is 4. The summed E-state index contributed by atoms with van der Waals surface area (Å²) in [4.78, 5) is 37.3. The Morgan fingerprint density at radius 1 is 0.967 bits per heavy atom. The van der Waals surface area contributed by atoms with Crippen molar-refractivity contribution in [1.29, 1.82) is 0 Å². The largest absolute Gasteiger partial charge is 0.508 e. The molecule has 0 fully saturated rings. The van der Waals surface area contributed by atoms with Gasteiger partial charge in [-0.25, -0.2) is 9.59 Å². The van der Waals surface area contributed by atoms with Crippen LogP contribution >= 0.6 is 0 Å². The lowest BCUT2D eigenvalue weighted by atomic mass is 10.1. The van der Waals surface area contributed by atoms with E-state index in [1.165, 1.54) is 24.3 Å². The summed E-state index contributed by atoms with van der Waals surface area (Å²) >= 11 is 0. The summed E-state index contributed by atoms with van der Waals surface area (Å²) in [7, 11) is 0. The highest BCUT2D eigenvalue weighted by atomic mass is 16.4. The number of fused-ring (bicyclic) bond motifs is 1. The molecule has 1 amide bonds. The summed E-state index contributed by atoms with van der Waals surface area (Å²) < 4.78 is 5.85. The molecule has 4 aromatic rings.